The second-order valence-corrected chi connectivity index (χ2v) is 5.26. The second kappa shape index (κ2) is 6.05. The maximum absolute atomic E-state index is 11.5. The Kier molecular flexibility index (Phi) is 3.97. The SMILES string of the molecule is O=c1[nH]ccn1CCN1CCCCC1c1ccccn1. The van der Waals surface area contributed by atoms with Crippen LogP contribution in [0.5, 0.6) is 0 Å². The van der Waals surface area contributed by atoms with Crippen LogP contribution in [0.1, 0.15) is 31.0 Å². The molecule has 1 N–H and O–H groups in total. The summed E-state index contributed by atoms with van der Waals surface area (Å²) < 4.78 is 1.73. The van der Waals surface area contributed by atoms with Gasteiger partial charge < -0.3 is 4.98 Å². The van der Waals surface area contributed by atoms with Crippen molar-refractivity contribution in [2.75, 3.05) is 13.1 Å². The zero-order chi connectivity index (χ0) is 13.8. The van der Waals surface area contributed by atoms with Crippen LogP contribution in [0.2, 0.25) is 0 Å². The third-order valence-corrected chi connectivity index (χ3v) is 3.99. The van der Waals surface area contributed by atoms with Gasteiger partial charge in [-0.15, -0.1) is 0 Å². The number of hydrogen-bond acceptors (Lipinski definition) is 3. The molecule has 1 fully saturated rings. The van der Waals surface area contributed by atoms with E-state index in [4.69, 9.17) is 0 Å². The van der Waals surface area contributed by atoms with Crippen molar-refractivity contribution in [1.29, 1.82) is 0 Å². The van der Waals surface area contributed by atoms with Crippen molar-refractivity contribution in [3.63, 3.8) is 0 Å². The van der Waals surface area contributed by atoms with Crippen LogP contribution in [-0.2, 0) is 6.54 Å². The van der Waals surface area contributed by atoms with Crippen LogP contribution < -0.4 is 5.69 Å². The molecule has 3 heterocycles. The molecule has 0 aliphatic carbocycles. The molecule has 3 rings (SSSR count). The first kappa shape index (κ1) is 13.1. The fourth-order valence-electron chi connectivity index (χ4n) is 2.93. The Morgan fingerprint density at radius 2 is 2.25 bits per heavy atom. The Bertz CT molecular complexity index is 589. The summed E-state index contributed by atoms with van der Waals surface area (Å²) in [6.45, 7) is 2.70. The molecular weight excluding hydrogens is 252 g/mol. The Balaban J connectivity index is 1.70. The van der Waals surface area contributed by atoms with E-state index in [-0.39, 0.29) is 5.69 Å². The van der Waals surface area contributed by atoms with Gasteiger partial charge in [0.1, 0.15) is 0 Å². The van der Waals surface area contributed by atoms with Gasteiger partial charge in [0.25, 0.3) is 0 Å². The Morgan fingerprint density at radius 3 is 3.00 bits per heavy atom. The number of rotatable bonds is 4. The van der Waals surface area contributed by atoms with Crippen molar-refractivity contribution in [3.05, 3.63) is 53.0 Å². The predicted octanol–water partition coefficient (Wildman–Crippen LogP) is 1.80. The summed E-state index contributed by atoms with van der Waals surface area (Å²) in [4.78, 5) is 21.1. The van der Waals surface area contributed by atoms with Gasteiger partial charge in [0, 0.05) is 31.7 Å². The number of hydrogen-bond donors (Lipinski definition) is 1. The smallest absolute Gasteiger partial charge is 0.313 e. The van der Waals surface area contributed by atoms with Crippen molar-refractivity contribution in [2.45, 2.75) is 31.8 Å². The highest BCUT2D eigenvalue weighted by atomic mass is 16.1. The van der Waals surface area contributed by atoms with Crippen LogP contribution in [0.25, 0.3) is 0 Å². The number of nitrogens with one attached hydrogen (secondary N) is 1. The number of H-pyrrole nitrogens is 1. The normalized spacial score (nSPS) is 20.1. The van der Waals surface area contributed by atoms with Crippen molar-refractivity contribution in [2.24, 2.45) is 0 Å². The molecule has 20 heavy (non-hydrogen) atoms. The van der Waals surface area contributed by atoms with E-state index in [1.807, 2.05) is 24.5 Å². The lowest BCUT2D eigenvalue weighted by atomic mass is 9.99. The van der Waals surface area contributed by atoms with Gasteiger partial charge in [-0.25, -0.2) is 4.79 Å². The summed E-state index contributed by atoms with van der Waals surface area (Å²) in [7, 11) is 0. The van der Waals surface area contributed by atoms with Crippen LogP contribution >= 0.6 is 0 Å². The summed E-state index contributed by atoms with van der Waals surface area (Å²) in [5.41, 5.74) is 1.12. The molecule has 0 spiro atoms. The molecular formula is C15H20N4O. The highest BCUT2D eigenvalue weighted by molar-refractivity contribution is 5.09. The first-order chi connectivity index (χ1) is 9.84. The van der Waals surface area contributed by atoms with E-state index in [0.29, 0.717) is 6.04 Å². The molecule has 1 aliphatic rings. The van der Waals surface area contributed by atoms with E-state index in [2.05, 4.69) is 20.9 Å². The summed E-state index contributed by atoms with van der Waals surface area (Å²) in [5.74, 6) is 0. The van der Waals surface area contributed by atoms with E-state index in [1.165, 1.54) is 12.8 Å². The molecule has 0 aromatic carbocycles. The molecule has 5 nitrogen and oxygen atoms in total. The molecule has 1 unspecified atom stereocenters. The monoisotopic (exact) mass is 272 g/mol. The number of aromatic nitrogens is 3. The first-order valence-electron chi connectivity index (χ1n) is 7.23. The van der Waals surface area contributed by atoms with Crippen molar-refractivity contribution < 1.29 is 0 Å². The minimum Gasteiger partial charge on any atom is -0.313 e. The van der Waals surface area contributed by atoms with E-state index in [9.17, 15) is 4.79 Å². The molecule has 0 radical (unpaired) electrons. The van der Waals surface area contributed by atoms with Crippen molar-refractivity contribution in [3.8, 4) is 0 Å². The summed E-state index contributed by atoms with van der Waals surface area (Å²) in [5, 5.41) is 0. The first-order valence-corrected chi connectivity index (χ1v) is 7.23. The fourth-order valence-corrected chi connectivity index (χ4v) is 2.93. The number of pyridine rings is 1. The highest BCUT2D eigenvalue weighted by Gasteiger charge is 2.24. The van der Waals surface area contributed by atoms with Gasteiger partial charge >= 0.3 is 5.69 Å². The van der Waals surface area contributed by atoms with Crippen LogP contribution in [-0.4, -0.2) is 32.5 Å². The largest absolute Gasteiger partial charge is 0.325 e. The average molecular weight is 272 g/mol. The average Bonchev–Trinajstić information content (AvgIpc) is 2.92. The third-order valence-electron chi connectivity index (χ3n) is 3.99. The standard InChI is InChI=1S/C15H20N4O/c20-15-17-8-10-19(15)12-11-18-9-4-2-6-14(18)13-5-1-3-7-16-13/h1,3,5,7-8,10,14H,2,4,6,9,11-12H2,(H,17,20). The van der Waals surface area contributed by atoms with Gasteiger partial charge in [-0.05, 0) is 31.5 Å². The number of piperidine rings is 1. The highest BCUT2D eigenvalue weighted by Crippen LogP contribution is 2.29. The molecule has 1 aliphatic heterocycles. The number of aromatic amines is 1. The van der Waals surface area contributed by atoms with Gasteiger partial charge in [-0.2, -0.15) is 0 Å². The molecule has 2 aromatic heterocycles. The molecule has 0 bridgehead atoms. The van der Waals surface area contributed by atoms with Gasteiger partial charge in [-0.1, -0.05) is 12.5 Å². The Hall–Kier alpha value is -1.88. The van der Waals surface area contributed by atoms with Gasteiger partial charge in [0.05, 0.1) is 11.7 Å². The lowest BCUT2D eigenvalue weighted by Crippen LogP contribution is -2.37. The Labute approximate surface area is 118 Å². The lowest BCUT2D eigenvalue weighted by Gasteiger charge is -2.35. The molecule has 5 heteroatoms. The summed E-state index contributed by atoms with van der Waals surface area (Å²) in [6.07, 6.45) is 8.99. The van der Waals surface area contributed by atoms with E-state index < -0.39 is 0 Å². The predicted molar refractivity (Wildman–Crippen MR) is 77.5 cm³/mol. The zero-order valence-corrected chi connectivity index (χ0v) is 11.5. The maximum atomic E-state index is 11.5. The molecule has 0 amide bonds. The molecule has 2 aromatic rings. The van der Waals surface area contributed by atoms with E-state index in [0.717, 1.165) is 31.7 Å². The molecule has 106 valence electrons. The second-order valence-electron chi connectivity index (χ2n) is 5.26. The van der Waals surface area contributed by atoms with E-state index in [1.54, 1.807) is 10.8 Å². The zero-order valence-electron chi connectivity index (χ0n) is 11.5. The minimum absolute atomic E-state index is 0.0311. The van der Waals surface area contributed by atoms with Crippen molar-refractivity contribution >= 4 is 0 Å². The van der Waals surface area contributed by atoms with Crippen LogP contribution in [0.15, 0.2) is 41.6 Å². The van der Waals surface area contributed by atoms with Crippen molar-refractivity contribution in [1.82, 2.24) is 19.4 Å². The summed E-state index contributed by atoms with van der Waals surface area (Å²) >= 11 is 0. The van der Waals surface area contributed by atoms with Crippen LogP contribution in [0, 0.1) is 0 Å². The van der Waals surface area contributed by atoms with Crippen LogP contribution in [0.3, 0.4) is 0 Å². The fraction of sp³-hybridized carbons (Fsp3) is 0.467. The van der Waals surface area contributed by atoms with Gasteiger partial charge in [0.2, 0.25) is 0 Å². The molecule has 1 saturated heterocycles. The summed E-state index contributed by atoms with van der Waals surface area (Å²) in [6, 6.07) is 6.49. The van der Waals surface area contributed by atoms with E-state index >= 15 is 0 Å². The minimum atomic E-state index is -0.0311. The molecule has 0 saturated carbocycles. The lowest BCUT2D eigenvalue weighted by molar-refractivity contribution is 0.140. The van der Waals surface area contributed by atoms with Gasteiger partial charge in [0.15, 0.2) is 0 Å². The number of imidazole rings is 1. The molecule has 1 atom stereocenters. The Morgan fingerprint density at radius 1 is 1.30 bits per heavy atom. The van der Waals surface area contributed by atoms with Crippen LogP contribution in [0.4, 0.5) is 0 Å². The maximum Gasteiger partial charge on any atom is 0.325 e. The topological polar surface area (TPSA) is 53.9 Å². The number of likely N-dealkylation sites (tertiary alicyclic amines) is 1. The number of nitrogens with zero attached hydrogens (tertiary/aromatic N) is 3. The third kappa shape index (κ3) is 2.82. The van der Waals surface area contributed by atoms with Gasteiger partial charge in [-0.3, -0.25) is 14.5 Å². The quantitative estimate of drug-likeness (QED) is 0.923.